The first-order valence-corrected chi connectivity index (χ1v) is 8.84. The number of hydrogen-bond acceptors (Lipinski definition) is 4. The van der Waals surface area contributed by atoms with E-state index in [-0.39, 0.29) is 41.6 Å². The first kappa shape index (κ1) is 21.2. The highest BCUT2D eigenvalue weighted by Gasteiger charge is 2.25. The maximum atomic E-state index is 13.9. The van der Waals surface area contributed by atoms with Crippen LogP contribution in [0.2, 0.25) is 0 Å². The average molecular weight is 485 g/mol. The molecule has 1 atom stereocenters. The normalized spacial score (nSPS) is 16.7. The second-order valence-electron chi connectivity index (χ2n) is 6.25. The minimum absolute atomic E-state index is 0. The maximum Gasteiger partial charge on any atom is 0.191 e. The highest BCUT2D eigenvalue weighted by Crippen LogP contribution is 2.20. The molecular formula is C19H25FIN5O. The van der Waals surface area contributed by atoms with Crippen molar-refractivity contribution in [1.82, 2.24) is 15.6 Å². The summed E-state index contributed by atoms with van der Waals surface area (Å²) in [4.78, 5) is 10.7. The van der Waals surface area contributed by atoms with E-state index in [1.807, 2.05) is 17.9 Å². The van der Waals surface area contributed by atoms with Gasteiger partial charge in [0, 0.05) is 31.9 Å². The fourth-order valence-corrected chi connectivity index (χ4v) is 3.02. The van der Waals surface area contributed by atoms with E-state index in [9.17, 15) is 9.50 Å². The summed E-state index contributed by atoms with van der Waals surface area (Å²) in [7, 11) is 0. The van der Waals surface area contributed by atoms with Gasteiger partial charge in [0.25, 0.3) is 0 Å². The average Bonchev–Trinajstić information content (AvgIpc) is 3.09. The van der Waals surface area contributed by atoms with Crippen molar-refractivity contribution in [1.29, 1.82) is 0 Å². The Bertz CT molecular complexity index is 773. The molecule has 2 heterocycles. The molecule has 0 aliphatic carbocycles. The van der Waals surface area contributed by atoms with Crippen LogP contribution in [0.5, 0.6) is 5.75 Å². The van der Waals surface area contributed by atoms with E-state index in [0.29, 0.717) is 24.9 Å². The molecule has 2 aromatic rings. The molecule has 1 aromatic carbocycles. The summed E-state index contributed by atoms with van der Waals surface area (Å²) in [5, 5.41) is 16.2. The number of anilines is 1. The fourth-order valence-electron chi connectivity index (χ4n) is 3.02. The van der Waals surface area contributed by atoms with E-state index >= 15 is 0 Å². The lowest BCUT2D eigenvalue weighted by atomic mass is 10.2. The van der Waals surface area contributed by atoms with Crippen molar-refractivity contribution in [2.24, 2.45) is 4.99 Å². The largest absolute Gasteiger partial charge is 0.508 e. The molecule has 3 rings (SSSR count). The monoisotopic (exact) mass is 485 g/mol. The van der Waals surface area contributed by atoms with Gasteiger partial charge in [-0.1, -0.05) is 12.1 Å². The summed E-state index contributed by atoms with van der Waals surface area (Å²) < 4.78 is 13.9. The van der Waals surface area contributed by atoms with E-state index in [0.717, 1.165) is 25.1 Å². The number of aliphatic imine (C=N–C) groups is 1. The van der Waals surface area contributed by atoms with Gasteiger partial charge in [0.15, 0.2) is 17.6 Å². The number of hydrogen-bond donors (Lipinski definition) is 3. The van der Waals surface area contributed by atoms with Gasteiger partial charge in [-0.2, -0.15) is 0 Å². The Labute approximate surface area is 175 Å². The number of nitrogens with one attached hydrogen (secondary N) is 2. The van der Waals surface area contributed by atoms with Gasteiger partial charge < -0.3 is 20.6 Å². The SMILES string of the molecule is CCNC(=NCc1cccc(O)c1)NC1CCN(c2ncccc2F)C1.I. The smallest absolute Gasteiger partial charge is 0.191 e. The lowest BCUT2D eigenvalue weighted by Gasteiger charge is -2.20. The van der Waals surface area contributed by atoms with Crippen molar-refractivity contribution >= 4 is 35.8 Å². The molecule has 0 amide bonds. The van der Waals surface area contributed by atoms with Gasteiger partial charge in [0.1, 0.15) is 5.75 Å². The van der Waals surface area contributed by atoms with Gasteiger partial charge in [-0.3, -0.25) is 0 Å². The van der Waals surface area contributed by atoms with Crippen LogP contribution in [0.25, 0.3) is 0 Å². The molecule has 0 saturated carbocycles. The van der Waals surface area contributed by atoms with E-state index in [1.165, 1.54) is 6.07 Å². The predicted molar refractivity (Wildman–Crippen MR) is 116 cm³/mol. The molecule has 27 heavy (non-hydrogen) atoms. The van der Waals surface area contributed by atoms with Gasteiger partial charge in [-0.25, -0.2) is 14.4 Å². The van der Waals surface area contributed by atoms with Gasteiger partial charge in [-0.15, -0.1) is 24.0 Å². The number of nitrogens with zero attached hydrogens (tertiary/aromatic N) is 3. The van der Waals surface area contributed by atoms with E-state index in [2.05, 4.69) is 20.6 Å². The number of aromatic hydroxyl groups is 1. The lowest BCUT2D eigenvalue weighted by molar-refractivity contribution is 0.474. The number of guanidine groups is 1. The summed E-state index contributed by atoms with van der Waals surface area (Å²) in [6.07, 6.45) is 2.49. The molecule has 0 bridgehead atoms. The second-order valence-corrected chi connectivity index (χ2v) is 6.25. The van der Waals surface area contributed by atoms with Crippen LogP contribution in [-0.4, -0.2) is 41.7 Å². The van der Waals surface area contributed by atoms with Gasteiger partial charge >= 0.3 is 0 Å². The number of phenols is 1. The molecule has 1 fully saturated rings. The number of aromatic nitrogens is 1. The fraction of sp³-hybridized carbons (Fsp3) is 0.368. The maximum absolute atomic E-state index is 13.9. The molecule has 0 radical (unpaired) electrons. The molecule has 1 aliphatic rings. The molecule has 3 N–H and O–H groups in total. The van der Waals surface area contributed by atoms with E-state index in [1.54, 1.807) is 30.5 Å². The number of phenolic OH excluding ortho intramolecular Hbond substituents is 1. The Balaban J connectivity index is 0.00000261. The Morgan fingerprint density at radius 2 is 2.22 bits per heavy atom. The van der Waals surface area contributed by atoms with Crippen LogP contribution in [-0.2, 0) is 6.54 Å². The topological polar surface area (TPSA) is 72.8 Å². The molecule has 8 heteroatoms. The summed E-state index contributed by atoms with van der Waals surface area (Å²) >= 11 is 0. The zero-order chi connectivity index (χ0) is 18.4. The Hall–Kier alpha value is -2.10. The minimum Gasteiger partial charge on any atom is -0.508 e. The molecule has 1 aliphatic heterocycles. The Morgan fingerprint density at radius 3 is 2.96 bits per heavy atom. The number of benzene rings is 1. The number of halogens is 2. The third kappa shape index (κ3) is 5.95. The first-order chi connectivity index (χ1) is 12.7. The minimum atomic E-state index is -0.294. The van der Waals surface area contributed by atoms with Gasteiger partial charge in [0.2, 0.25) is 0 Å². The van der Waals surface area contributed by atoms with Crippen LogP contribution < -0.4 is 15.5 Å². The number of rotatable bonds is 5. The predicted octanol–water partition coefficient (Wildman–Crippen LogP) is 2.88. The van der Waals surface area contributed by atoms with Crippen molar-refractivity contribution in [2.45, 2.75) is 25.9 Å². The molecule has 1 saturated heterocycles. The van der Waals surface area contributed by atoms with Crippen LogP contribution in [0.1, 0.15) is 18.9 Å². The molecule has 1 unspecified atom stereocenters. The van der Waals surface area contributed by atoms with Crippen LogP contribution in [0, 0.1) is 5.82 Å². The van der Waals surface area contributed by atoms with Crippen LogP contribution in [0.3, 0.4) is 0 Å². The van der Waals surface area contributed by atoms with Crippen LogP contribution in [0.4, 0.5) is 10.2 Å². The summed E-state index contributed by atoms with van der Waals surface area (Å²) in [6, 6.07) is 10.3. The highest BCUT2D eigenvalue weighted by molar-refractivity contribution is 14.0. The molecule has 0 spiro atoms. The molecule has 6 nitrogen and oxygen atoms in total. The van der Waals surface area contributed by atoms with Crippen LogP contribution in [0.15, 0.2) is 47.6 Å². The van der Waals surface area contributed by atoms with Crippen LogP contribution >= 0.6 is 24.0 Å². The van der Waals surface area contributed by atoms with E-state index in [4.69, 9.17) is 0 Å². The molecule has 1 aromatic heterocycles. The Morgan fingerprint density at radius 1 is 1.37 bits per heavy atom. The number of pyridine rings is 1. The van der Waals surface area contributed by atoms with Crippen molar-refractivity contribution < 1.29 is 9.50 Å². The summed E-state index contributed by atoms with van der Waals surface area (Å²) in [5.41, 5.74) is 0.936. The first-order valence-electron chi connectivity index (χ1n) is 8.84. The third-order valence-corrected chi connectivity index (χ3v) is 4.24. The van der Waals surface area contributed by atoms with Crippen molar-refractivity contribution in [2.75, 3.05) is 24.5 Å². The van der Waals surface area contributed by atoms with Crippen molar-refractivity contribution in [3.8, 4) is 5.75 Å². The van der Waals surface area contributed by atoms with Gasteiger partial charge in [0.05, 0.1) is 6.54 Å². The van der Waals surface area contributed by atoms with Crippen molar-refractivity contribution in [3.05, 3.63) is 54.0 Å². The quantitative estimate of drug-likeness (QED) is 0.345. The molecular weight excluding hydrogens is 460 g/mol. The standard InChI is InChI=1S/C19H24FN5O.HI/c1-2-21-19(23-12-14-5-3-6-16(26)11-14)24-15-8-10-25(13-15)18-17(20)7-4-9-22-18;/h3-7,9,11,15,26H,2,8,10,12-13H2,1H3,(H2,21,23,24);1H. The zero-order valence-corrected chi connectivity index (χ0v) is 17.6. The summed E-state index contributed by atoms with van der Waals surface area (Å²) in [6.45, 7) is 4.64. The van der Waals surface area contributed by atoms with E-state index < -0.39 is 0 Å². The summed E-state index contributed by atoms with van der Waals surface area (Å²) in [5.74, 6) is 1.06. The molecule has 146 valence electrons. The Kier molecular flexibility index (Phi) is 8.08. The zero-order valence-electron chi connectivity index (χ0n) is 15.2. The third-order valence-electron chi connectivity index (χ3n) is 4.24. The lowest BCUT2D eigenvalue weighted by Crippen LogP contribution is -2.44. The van der Waals surface area contributed by atoms with Crippen molar-refractivity contribution in [3.63, 3.8) is 0 Å². The van der Waals surface area contributed by atoms with Gasteiger partial charge in [-0.05, 0) is 43.2 Å². The second kappa shape index (κ2) is 10.3. The highest BCUT2D eigenvalue weighted by atomic mass is 127.